The summed E-state index contributed by atoms with van der Waals surface area (Å²) in [6.45, 7) is 3.78. The van der Waals surface area contributed by atoms with Crippen molar-refractivity contribution in [1.29, 1.82) is 0 Å². The highest BCUT2D eigenvalue weighted by atomic mass is 127. The van der Waals surface area contributed by atoms with Crippen molar-refractivity contribution in [2.45, 2.75) is 26.0 Å². The molecule has 26 heavy (non-hydrogen) atoms. The standard InChI is InChI=1S/C20H26FN3O.HI/c1-15(17-7-5-4-6-8-17)12-23-20(22-2)24-13-16-9-10-19(21)18(11-16)14-25-3;/h4-11,15H,12-14H2,1-3H3,(H2,22,23,24);1H. The summed E-state index contributed by atoms with van der Waals surface area (Å²) in [5.74, 6) is 0.851. The smallest absolute Gasteiger partial charge is 0.191 e. The lowest BCUT2D eigenvalue weighted by molar-refractivity contribution is 0.181. The molecule has 6 heteroatoms. The first kappa shape index (κ1) is 22.4. The van der Waals surface area contributed by atoms with E-state index in [-0.39, 0.29) is 36.4 Å². The van der Waals surface area contributed by atoms with E-state index in [0.29, 0.717) is 18.0 Å². The summed E-state index contributed by atoms with van der Waals surface area (Å²) >= 11 is 0. The molecule has 1 unspecified atom stereocenters. The maximum absolute atomic E-state index is 13.7. The number of guanidine groups is 1. The molecule has 0 aromatic heterocycles. The van der Waals surface area contributed by atoms with Crippen LogP contribution in [-0.2, 0) is 17.9 Å². The van der Waals surface area contributed by atoms with Crippen molar-refractivity contribution in [3.63, 3.8) is 0 Å². The van der Waals surface area contributed by atoms with E-state index >= 15 is 0 Å². The van der Waals surface area contributed by atoms with E-state index in [1.165, 1.54) is 11.6 Å². The minimum Gasteiger partial charge on any atom is -0.380 e. The molecular formula is C20H27FIN3O. The van der Waals surface area contributed by atoms with Gasteiger partial charge in [-0.1, -0.05) is 43.3 Å². The van der Waals surface area contributed by atoms with E-state index in [1.54, 1.807) is 20.2 Å². The van der Waals surface area contributed by atoms with Crippen LogP contribution in [0.15, 0.2) is 53.5 Å². The van der Waals surface area contributed by atoms with Gasteiger partial charge in [0, 0.05) is 32.8 Å². The van der Waals surface area contributed by atoms with Gasteiger partial charge < -0.3 is 15.4 Å². The maximum atomic E-state index is 13.7. The molecule has 1 atom stereocenters. The van der Waals surface area contributed by atoms with Crippen molar-refractivity contribution in [3.8, 4) is 0 Å². The molecule has 0 heterocycles. The zero-order valence-corrected chi connectivity index (χ0v) is 17.8. The van der Waals surface area contributed by atoms with E-state index in [0.717, 1.165) is 18.1 Å². The summed E-state index contributed by atoms with van der Waals surface area (Å²) in [7, 11) is 3.30. The number of nitrogens with zero attached hydrogens (tertiary/aromatic N) is 1. The Morgan fingerprint density at radius 2 is 1.88 bits per heavy atom. The van der Waals surface area contributed by atoms with Crippen molar-refractivity contribution < 1.29 is 9.13 Å². The van der Waals surface area contributed by atoms with Crippen molar-refractivity contribution >= 4 is 29.9 Å². The van der Waals surface area contributed by atoms with Gasteiger partial charge in [-0.2, -0.15) is 0 Å². The first-order valence-electron chi connectivity index (χ1n) is 8.39. The van der Waals surface area contributed by atoms with Crippen LogP contribution in [-0.4, -0.2) is 26.7 Å². The number of benzene rings is 2. The van der Waals surface area contributed by atoms with Crippen LogP contribution in [0.4, 0.5) is 4.39 Å². The Morgan fingerprint density at radius 3 is 2.54 bits per heavy atom. The summed E-state index contributed by atoms with van der Waals surface area (Å²) in [6.07, 6.45) is 0. The maximum Gasteiger partial charge on any atom is 0.191 e. The third-order valence-electron chi connectivity index (χ3n) is 4.04. The molecular weight excluding hydrogens is 444 g/mol. The second-order valence-electron chi connectivity index (χ2n) is 5.98. The van der Waals surface area contributed by atoms with Gasteiger partial charge in [0.05, 0.1) is 6.61 Å². The molecule has 0 amide bonds. The van der Waals surface area contributed by atoms with E-state index in [2.05, 4.69) is 34.7 Å². The molecule has 2 aromatic rings. The van der Waals surface area contributed by atoms with Gasteiger partial charge in [0.25, 0.3) is 0 Å². The largest absolute Gasteiger partial charge is 0.380 e. The molecule has 0 radical (unpaired) electrons. The number of hydrogen-bond acceptors (Lipinski definition) is 2. The normalized spacial score (nSPS) is 12.2. The molecule has 0 aliphatic heterocycles. The van der Waals surface area contributed by atoms with E-state index in [4.69, 9.17) is 4.74 Å². The third-order valence-corrected chi connectivity index (χ3v) is 4.04. The quantitative estimate of drug-likeness (QED) is 0.364. The molecule has 0 aliphatic rings. The molecule has 2 N–H and O–H groups in total. The Labute approximate surface area is 172 Å². The number of halogens is 2. The van der Waals surface area contributed by atoms with Crippen molar-refractivity contribution in [1.82, 2.24) is 10.6 Å². The molecule has 0 spiro atoms. The number of rotatable bonds is 7. The van der Waals surface area contributed by atoms with Gasteiger partial charge in [0.1, 0.15) is 5.82 Å². The molecule has 142 valence electrons. The Kier molecular flexibility index (Phi) is 10.2. The summed E-state index contributed by atoms with van der Waals surface area (Å²) in [6, 6.07) is 15.4. The number of nitrogens with one attached hydrogen (secondary N) is 2. The van der Waals surface area contributed by atoms with Crippen LogP contribution < -0.4 is 10.6 Å². The van der Waals surface area contributed by atoms with Crippen LogP contribution in [0.5, 0.6) is 0 Å². The zero-order valence-electron chi connectivity index (χ0n) is 15.5. The highest BCUT2D eigenvalue weighted by Gasteiger charge is 2.07. The van der Waals surface area contributed by atoms with Crippen molar-refractivity contribution in [2.24, 2.45) is 4.99 Å². The highest BCUT2D eigenvalue weighted by molar-refractivity contribution is 14.0. The SMILES string of the molecule is CN=C(NCc1ccc(F)c(COC)c1)NCC(C)c1ccccc1.I. The molecule has 0 aliphatic carbocycles. The zero-order chi connectivity index (χ0) is 18.1. The first-order chi connectivity index (χ1) is 12.1. The fraction of sp³-hybridized carbons (Fsp3) is 0.350. The molecule has 2 rings (SSSR count). The second-order valence-corrected chi connectivity index (χ2v) is 5.98. The molecule has 0 saturated carbocycles. The van der Waals surface area contributed by atoms with Gasteiger partial charge in [-0.05, 0) is 29.2 Å². The first-order valence-corrected chi connectivity index (χ1v) is 8.39. The predicted octanol–water partition coefficient (Wildman–Crippen LogP) is 4.06. The van der Waals surface area contributed by atoms with Crippen molar-refractivity contribution in [2.75, 3.05) is 20.7 Å². The van der Waals surface area contributed by atoms with Gasteiger partial charge in [0.15, 0.2) is 5.96 Å². The average Bonchev–Trinajstić information content (AvgIpc) is 2.65. The minimum absolute atomic E-state index is 0. The van der Waals surface area contributed by atoms with Gasteiger partial charge in [0.2, 0.25) is 0 Å². The molecule has 0 bridgehead atoms. The lowest BCUT2D eigenvalue weighted by atomic mass is 10.0. The fourth-order valence-corrected chi connectivity index (χ4v) is 2.56. The molecule has 0 fully saturated rings. The Bertz CT molecular complexity index is 695. The van der Waals surface area contributed by atoms with E-state index in [1.807, 2.05) is 24.3 Å². The lowest BCUT2D eigenvalue weighted by Gasteiger charge is -2.16. The number of aliphatic imine (C=N–C) groups is 1. The number of hydrogen-bond donors (Lipinski definition) is 2. The third kappa shape index (κ3) is 6.92. The van der Waals surface area contributed by atoms with Crippen LogP contribution in [0, 0.1) is 5.82 Å². The average molecular weight is 471 g/mol. The minimum atomic E-state index is -0.246. The Balaban J connectivity index is 0.00000338. The van der Waals surface area contributed by atoms with Crippen LogP contribution >= 0.6 is 24.0 Å². The van der Waals surface area contributed by atoms with E-state index < -0.39 is 0 Å². The van der Waals surface area contributed by atoms with Crippen LogP contribution in [0.1, 0.15) is 29.5 Å². The highest BCUT2D eigenvalue weighted by Crippen LogP contribution is 2.13. The molecule has 0 saturated heterocycles. The topological polar surface area (TPSA) is 45.7 Å². The number of methoxy groups -OCH3 is 1. The van der Waals surface area contributed by atoms with Crippen LogP contribution in [0.3, 0.4) is 0 Å². The summed E-state index contributed by atoms with van der Waals surface area (Å²) in [4.78, 5) is 4.24. The Morgan fingerprint density at radius 1 is 1.15 bits per heavy atom. The lowest BCUT2D eigenvalue weighted by Crippen LogP contribution is -2.38. The van der Waals surface area contributed by atoms with Gasteiger partial charge in [-0.25, -0.2) is 4.39 Å². The molecule has 2 aromatic carbocycles. The van der Waals surface area contributed by atoms with E-state index in [9.17, 15) is 4.39 Å². The van der Waals surface area contributed by atoms with Crippen LogP contribution in [0.25, 0.3) is 0 Å². The van der Waals surface area contributed by atoms with Gasteiger partial charge in [-0.15, -0.1) is 24.0 Å². The fourth-order valence-electron chi connectivity index (χ4n) is 2.56. The van der Waals surface area contributed by atoms with Crippen molar-refractivity contribution in [3.05, 3.63) is 71.0 Å². The summed E-state index contributed by atoms with van der Waals surface area (Å²) in [5.41, 5.74) is 2.82. The predicted molar refractivity (Wildman–Crippen MR) is 116 cm³/mol. The van der Waals surface area contributed by atoms with Gasteiger partial charge in [-0.3, -0.25) is 4.99 Å². The summed E-state index contributed by atoms with van der Waals surface area (Å²) < 4.78 is 18.7. The van der Waals surface area contributed by atoms with Gasteiger partial charge >= 0.3 is 0 Å². The van der Waals surface area contributed by atoms with Crippen LogP contribution in [0.2, 0.25) is 0 Å². The summed E-state index contributed by atoms with van der Waals surface area (Å²) in [5, 5.41) is 6.59. The Hall–Kier alpha value is -1.67. The second kappa shape index (κ2) is 11.9. The monoisotopic (exact) mass is 471 g/mol. The number of ether oxygens (including phenoxy) is 1. The molecule has 4 nitrogen and oxygen atoms in total.